The monoisotopic (exact) mass is 390 g/mol. The first-order valence-electron chi connectivity index (χ1n) is 9.14. The minimum Gasteiger partial charge on any atom is -0.451 e. The van der Waals surface area contributed by atoms with Crippen LogP contribution in [0.3, 0.4) is 0 Å². The average Bonchev–Trinajstić information content (AvgIpc) is 2.72. The van der Waals surface area contributed by atoms with Gasteiger partial charge in [0.1, 0.15) is 0 Å². The highest BCUT2D eigenvalue weighted by Crippen LogP contribution is 2.14. The number of nitriles is 1. The molecule has 2 aromatic rings. The molecule has 0 radical (unpaired) electrons. The van der Waals surface area contributed by atoms with Crippen molar-refractivity contribution in [2.24, 2.45) is 5.92 Å². The molecule has 0 saturated carbocycles. The van der Waals surface area contributed by atoms with E-state index in [1.807, 2.05) is 6.07 Å². The van der Waals surface area contributed by atoms with E-state index in [9.17, 15) is 14.4 Å². The van der Waals surface area contributed by atoms with Crippen LogP contribution < -0.4 is 5.32 Å². The fourth-order valence-electron chi connectivity index (χ4n) is 2.34. The third-order valence-electron chi connectivity index (χ3n) is 4.08. The van der Waals surface area contributed by atoms with E-state index < -0.39 is 12.1 Å². The number of carbonyl (C=O) groups excluding carboxylic acids is 3. The first-order chi connectivity index (χ1) is 13.8. The first-order valence-corrected chi connectivity index (χ1v) is 9.14. The topological polar surface area (TPSA) is 96.3 Å². The number of esters is 1. The van der Waals surface area contributed by atoms with Crippen LogP contribution in [0.1, 0.15) is 42.3 Å². The van der Waals surface area contributed by atoms with E-state index in [0.717, 1.165) is 5.56 Å². The molecule has 0 unspecified atom stereocenters. The van der Waals surface area contributed by atoms with Crippen LogP contribution >= 0.6 is 0 Å². The van der Waals surface area contributed by atoms with Crippen molar-refractivity contribution >= 4 is 29.4 Å². The van der Waals surface area contributed by atoms with Crippen LogP contribution in [0.2, 0.25) is 0 Å². The molecule has 1 atom stereocenters. The van der Waals surface area contributed by atoms with E-state index in [1.54, 1.807) is 68.5 Å². The molecule has 0 heterocycles. The molecule has 0 aliphatic rings. The lowest BCUT2D eigenvalue weighted by Crippen LogP contribution is -2.23. The normalized spacial score (nSPS) is 11.7. The summed E-state index contributed by atoms with van der Waals surface area (Å²) >= 11 is 0. The molecule has 0 aliphatic carbocycles. The Morgan fingerprint density at radius 2 is 1.62 bits per heavy atom. The summed E-state index contributed by atoms with van der Waals surface area (Å²) in [4.78, 5) is 36.1. The van der Waals surface area contributed by atoms with Crippen molar-refractivity contribution in [3.05, 3.63) is 71.3 Å². The lowest BCUT2D eigenvalue weighted by molar-refractivity contribution is -0.140. The number of anilines is 1. The van der Waals surface area contributed by atoms with E-state index in [1.165, 1.54) is 13.0 Å². The Hall–Kier alpha value is -3.72. The number of nitrogens with one attached hydrogen (secondary N) is 1. The maximum absolute atomic E-state index is 12.4. The highest BCUT2D eigenvalue weighted by molar-refractivity contribution is 6.01. The Bertz CT molecular complexity index is 952. The molecule has 0 aliphatic heterocycles. The molecule has 6 heteroatoms. The van der Waals surface area contributed by atoms with Gasteiger partial charge in [0.15, 0.2) is 6.10 Å². The Balaban J connectivity index is 1.93. The van der Waals surface area contributed by atoms with Gasteiger partial charge in [-0.05, 0) is 55.0 Å². The van der Waals surface area contributed by atoms with Gasteiger partial charge in [0.05, 0.1) is 11.6 Å². The molecular formula is C23H22N2O4. The Labute approximate surface area is 169 Å². The SMILES string of the molecule is CC(C)C(=O)Nc1ccc(C(=O)[C@@H](C)OC(=O)/C=C/c2ccc(C#N)cc2)cc1. The van der Waals surface area contributed by atoms with Gasteiger partial charge in [-0.1, -0.05) is 26.0 Å². The molecule has 0 spiro atoms. The zero-order valence-corrected chi connectivity index (χ0v) is 16.5. The molecule has 0 bridgehead atoms. The molecule has 0 saturated heterocycles. The zero-order valence-electron chi connectivity index (χ0n) is 16.5. The summed E-state index contributed by atoms with van der Waals surface area (Å²) in [5.74, 6) is -1.24. The number of ether oxygens (including phenoxy) is 1. The van der Waals surface area contributed by atoms with Crippen LogP contribution in [0, 0.1) is 17.2 Å². The van der Waals surface area contributed by atoms with Crippen LogP contribution in [0.5, 0.6) is 0 Å². The number of nitrogens with zero attached hydrogens (tertiary/aromatic N) is 1. The van der Waals surface area contributed by atoms with E-state index >= 15 is 0 Å². The number of ketones is 1. The molecule has 2 aromatic carbocycles. The molecule has 1 amide bonds. The smallest absolute Gasteiger partial charge is 0.331 e. The second kappa shape index (κ2) is 10.00. The minimum absolute atomic E-state index is 0.111. The van der Waals surface area contributed by atoms with Crippen molar-refractivity contribution in [3.63, 3.8) is 0 Å². The number of amides is 1. The molecule has 29 heavy (non-hydrogen) atoms. The fraction of sp³-hybridized carbons (Fsp3) is 0.217. The van der Waals surface area contributed by atoms with Crippen LogP contribution in [0.25, 0.3) is 6.08 Å². The third kappa shape index (κ3) is 6.43. The van der Waals surface area contributed by atoms with Gasteiger partial charge in [-0.25, -0.2) is 4.79 Å². The van der Waals surface area contributed by atoms with E-state index in [-0.39, 0.29) is 17.6 Å². The van der Waals surface area contributed by atoms with Crippen molar-refractivity contribution in [1.82, 2.24) is 0 Å². The zero-order chi connectivity index (χ0) is 21.4. The molecule has 148 valence electrons. The van der Waals surface area contributed by atoms with Gasteiger partial charge in [-0.3, -0.25) is 9.59 Å². The van der Waals surface area contributed by atoms with Gasteiger partial charge < -0.3 is 10.1 Å². The van der Waals surface area contributed by atoms with Gasteiger partial charge in [0.2, 0.25) is 11.7 Å². The number of hydrogen-bond acceptors (Lipinski definition) is 5. The van der Waals surface area contributed by atoms with Crippen LogP contribution in [0.15, 0.2) is 54.6 Å². The van der Waals surface area contributed by atoms with Crippen molar-refractivity contribution in [2.75, 3.05) is 5.32 Å². The molecule has 1 N–H and O–H groups in total. The minimum atomic E-state index is -0.954. The number of rotatable bonds is 7. The molecule has 0 aromatic heterocycles. The number of hydrogen-bond donors (Lipinski definition) is 1. The van der Waals surface area contributed by atoms with Gasteiger partial charge in [-0.2, -0.15) is 5.26 Å². The number of Topliss-reactive ketones (excluding diaryl/α,β-unsaturated/α-hetero) is 1. The molecule has 2 rings (SSSR count). The Morgan fingerprint density at radius 1 is 1.00 bits per heavy atom. The summed E-state index contributed by atoms with van der Waals surface area (Å²) in [7, 11) is 0. The summed E-state index contributed by atoms with van der Waals surface area (Å²) in [6.45, 7) is 5.09. The van der Waals surface area contributed by atoms with Gasteiger partial charge in [0.25, 0.3) is 0 Å². The largest absolute Gasteiger partial charge is 0.451 e. The standard InChI is InChI=1S/C23H22N2O4/c1-15(2)23(28)25-20-11-9-19(10-12-20)22(27)16(3)29-21(26)13-8-17-4-6-18(14-24)7-5-17/h4-13,15-16H,1-3H3,(H,25,28)/b13-8+/t16-/m1/s1. The number of benzene rings is 2. The summed E-state index contributed by atoms with van der Waals surface area (Å²) in [6, 6.07) is 15.1. The predicted molar refractivity (Wildman–Crippen MR) is 110 cm³/mol. The van der Waals surface area contributed by atoms with Crippen LogP contribution in [-0.4, -0.2) is 23.8 Å². The maximum Gasteiger partial charge on any atom is 0.331 e. The maximum atomic E-state index is 12.4. The van der Waals surface area contributed by atoms with Gasteiger partial charge in [-0.15, -0.1) is 0 Å². The van der Waals surface area contributed by atoms with E-state index in [2.05, 4.69) is 5.32 Å². The van der Waals surface area contributed by atoms with Crippen molar-refractivity contribution in [3.8, 4) is 6.07 Å². The highest BCUT2D eigenvalue weighted by Gasteiger charge is 2.18. The first kappa shape index (κ1) is 21.6. The van der Waals surface area contributed by atoms with Crippen LogP contribution in [-0.2, 0) is 14.3 Å². The summed E-state index contributed by atoms with van der Waals surface area (Å²) in [5.41, 5.74) is 2.23. The molecule has 6 nitrogen and oxygen atoms in total. The molecular weight excluding hydrogens is 368 g/mol. The second-order valence-electron chi connectivity index (χ2n) is 6.73. The highest BCUT2D eigenvalue weighted by atomic mass is 16.5. The van der Waals surface area contributed by atoms with E-state index in [4.69, 9.17) is 10.00 Å². The third-order valence-corrected chi connectivity index (χ3v) is 4.08. The number of carbonyl (C=O) groups is 3. The lowest BCUT2D eigenvalue weighted by atomic mass is 10.1. The van der Waals surface area contributed by atoms with E-state index in [0.29, 0.717) is 16.8 Å². The summed E-state index contributed by atoms with van der Waals surface area (Å²) in [6.07, 6.45) is 1.83. The van der Waals surface area contributed by atoms with Crippen molar-refractivity contribution < 1.29 is 19.1 Å². The van der Waals surface area contributed by atoms with Crippen molar-refractivity contribution in [1.29, 1.82) is 5.26 Å². The summed E-state index contributed by atoms with van der Waals surface area (Å²) in [5, 5.41) is 11.5. The van der Waals surface area contributed by atoms with Gasteiger partial charge >= 0.3 is 5.97 Å². The second-order valence-corrected chi connectivity index (χ2v) is 6.73. The Morgan fingerprint density at radius 3 is 2.17 bits per heavy atom. The predicted octanol–water partition coefficient (Wildman–Crippen LogP) is 3.98. The Kier molecular flexibility index (Phi) is 7.44. The molecule has 0 fully saturated rings. The fourth-order valence-corrected chi connectivity index (χ4v) is 2.34. The van der Waals surface area contributed by atoms with Crippen molar-refractivity contribution in [2.45, 2.75) is 26.9 Å². The average molecular weight is 390 g/mol. The summed E-state index contributed by atoms with van der Waals surface area (Å²) < 4.78 is 5.16. The van der Waals surface area contributed by atoms with Crippen LogP contribution in [0.4, 0.5) is 5.69 Å². The van der Waals surface area contributed by atoms with Gasteiger partial charge in [0, 0.05) is 23.2 Å². The quantitative estimate of drug-likeness (QED) is 0.438. The lowest BCUT2D eigenvalue weighted by Gasteiger charge is -2.12.